The quantitative estimate of drug-likeness (QED) is 0.696. The van der Waals surface area contributed by atoms with Crippen LogP contribution in [0.5, 0.6) is 5.75 Å². The van der Waals surface area contributed by atoms with Crippen LogP contribution >= 0.6 is 0 Å². The number of furan rings is 1. The Labute approximate surface area is 157 Å². The zero-order valence-electron chi connectivity index (χ0n) is 14.9. The minimum absolute atomic E-state index is 0.0776. The van der Waals surface area contributed by atoms with Crippen LogP contribution in [0.2, 0.25) is 0 Å². The third-order valence-corrected chi connectivity index (χ3v) is 3.85. The lowest BCUT2D eigenvalue weighted by Crippen LogP contribution is -2.34. The Balaban J connectivity index is 1.48. The van der Waals surface area contributed by atoms with Crippen molar-refractivity contribution < 1.29 is 18.7 Å². The summed E-state index contributed by atoms with van der Waals surface area (Å²) in [6, 6.07) is 20.2. The van der Waals surface area contributed by atoms with Crippen LogP contribution in [0.25, 0.3) is 0 Å². The van der Waals surface area contributed by atoms with Gasteiger partial charge in [0.25, 0.3) is 5.91 Å². The van der Waals surface area contributed by atoms with E-state index in [0.29, 0.717) is 18.0 Å². The number of carbonyl (C=O) groups excluding carboxylic acids is 2. The number of likely N-dealkylation sites (N-methyl/N-ethyl adjacent to an activating group) is 1. The van der Waals surface area contributed by atoms with Crippen molar-refractivity contribution in [3.63, 3.8) is 0 Å². The van der Waals surface area contributed by atoms with E-state index in [2.05, 4.69) is 5.32 Å². The summed E-state index contributed by atoms with van der Waals surface area (Å²) in [5.74, 6) is 0.266. The van der Waals surface area contributed by atoms with Gasteiger partial charge in [0.05, 0.1) is 12.8 Å². The lowest BCUT2D eigenvalue weighted by atomic mass is 10.2. The molecular weight excluding hydrogens is 344 g/mol. The van der Waals surface area contributed by atoms with Crippen molar-refractivity contribution in [2.75, 3.05) is 18.9 Å². The van der Waals surface area contributed by atoms with Gasteiger partial charge in [0.15, 0.2) is 5.76 Å². The number of benzene rings is 2. The summed E-state index contributed by atoms with van der Waals surface area (Å²) < 4.78 is 10.8. The molecule has 1 heterocycles. The van der Waals surface area contributed by atoms with Gasteiger partial charge in [0.1, 0.15) is 12.4 Å². The number of anilines is 1. The van der Waals surface area contributed by atoms with E-state index >= 15 is 0 Å². The van der Waals surface area contributed by atoms with Crippen molar-refractivity contribution in [1.82, 2.24) is 4.90 Å². The number of nitrogens with one attached hydrogen (secondary N) is 1. The van der Waals surface area contributed by atoms with E-state index in [1.54, 1.807) is 43.4 Å². The van der Waals surface area contributed by atoms with E-state index in [1.807, 2.05) is 30.3 Å². The number of nitrogens with zero attached hydrogens (tertiary/aromatic N) is 1. The first-order valence-electron chi connectivity index (χ1n) is 8.47. The molecule has 0 bridgehead atoms. The maximum atomic E-state index is 12.1. The summed E-state index contributed by atoms with van der Waals surface area (Å²) in [5.41, 5.74) is 1.71. The van der Waals surface area contributed by atoms with Gasteiger partial charge in [-0.15, -0.1) is 0 Å². The lowest BCUT2D eigenvalue weighted by Gasteiger charge is -2.15. The van der Waals surface area contributed by atoms with Gasteiger partial charge < -0.3 is 19.4 Å². The maximum absolute atomic E-state index is 12.1. The van der Waals surface area contributed by atoms with Crippen molar-refractivity contribution in [3.05, 3.63) is 84.3 Å². The lowest BCUT2D eigenvalue weighted by molar-refractivity contribution is -0.116. The third kappa shape index (κ3) is 5.22. The number of ether oxygens (including phenoxy) is 1. The van der Waals surface area contributed by atoms with Crippen LogP contribution in [0, 0.1) is 0 Å². The van der Waals surface area contributed by atoms with Crippen LogP contribution in [-0.2, 0) is 11.4 Å². The first-order valence-corrected chi connectivity index (χ1v) is 8.47. The standard InChI is InChI=1S/C21H20N2O4/c1-23(21(25)19-8-5-13-26-19)14-20(24)22-17-9-11-18(12-10-17)27-15-16-6-3-2-4-7-16/h2-13H,14-15H2,1H3,(H,22,24). The summed E-state index contributed by atoms with van der Waals surface area (Å²) in [7, 11) is 1.55. The second-order valence-corrected chi connectivity index (χ2v) is 5.99. The molecule has 0 radical (unpaired) electrons. The molecule has 0 atom stereocenters. The topological polar surface area (TPSA) is 71.8 Å². The van der Waals surface area contributed by atoms with E-state index < -0.39 is 0 Å². The van der Waals surface area contributed by atoms with Crippen molar-refractivity contribution in [3.8, 4) is 5.75 Å². The monoisotopic (exact) mass is 364 g/mol. The number of hydrogen-bond acceptors (Lipinski definition) is 4. The zero-order chi connectivity index (χ0) is 19.1. The molecule has 1 N–H and O–H groups in total. The Hall–Kier alpha value is -3.54. The minimum Gasteiger partial charge on any atom is -0.489 e. The second kappa shape index (κ2) is 8.71. The number of carbonyl (C=O) groups is 2. The van der Waals surface area contributed by atoms with Crippen molar-refractivity contribution in [2.24, 2.45) is 0 Å². The molecule has 2 amide bonds. The highest BCUT2D eigenvalue weighted by molar-refractivity contribution is 5.97. The smallest absolute Gasteiger partial charge is 0.289 e. The summed E-state index contributed by atoms with van der Waals surface area (Å²) in [4.78, 5) is 25.5. The molecule has 6 heteroatoms. The Morgan fingerprint density at radius 2 is 1.74 bits per heavy atom. The Kier molecular flexibility index (Phi) is 5.89. The van der Waals surface area contributed by atoms with Crippen LogP contribution in [0.1, 0.15) is 16.1 Å². The molecule has 0 spiro atoms. The van der Waals surface area contributed by atoms with E-state index in [9.17, 15) is 9.59 Å². The number of amides is 2. The van der Waals surface area contributed by atoms with Gasteiger partial charge in [-0.05, 0) is 42.0 Å². The van der Waals surface area contributed by atoms with Gasteiger partial charge in [-0.2, -0.15) is 0 Å². The molecule has 0 fully saturated rings. The highest BCUT2D eigenvalue weighted by Gasteiger charge is 2.17. The van der Waals surface area contributed by atoms with Crippen LogP contribution in [0.3, 0.4) is 0 Å². The third-order valence-electron chi connectivity index (χ3n) is 3.85. The molecule has 0 unspecified atom stereocenters. The molecule has 0 aliphatic rings. The van der Waals surface area contributed by atoms with Crippen molar-refractivity contribution in [1.29, 1.82) is 0 Å². The largest absolute Gasteiger partial charge is 0.489 e. The molecule has 27 heavy (non-hydrogen) atoms. The molecule has 1 aromatic heterocycles. The number of hydrogen-bond donors (Lipinski definition) is 1. The van der Waals surface area contributed by atoms with E-state index in [-0.39, 0.29) is 24.1 Å². The van der Waals surface area contributed by atoms with Crippen molar-refractivity contribution in [2.45, 2.75) is 6.61 Å². The minimum atomic E-state index is -0.347. The molecule has 138 valence electrons. The predicted molar refractivity (Wildman–Crippen MR) is 102 cm³/mol. The van der Waals surface area contributed by atoms with Gasteiger partial charge >= 0.3 is 0 Å². The van der Waals surface area contributed by atoms with Crippen LogP contribution < -0.4 is 10.1 Å². The first-order chi connectivity index (χ1) is 13.1. The molecule has 0 saturated carbocycles. The van der Waals surface area contributed by atoms with Crippen molar-refractivity contribution >= 4 is 17.5 Å². The molecule has 0 aliphatic heterocycles. The van der Waals surface area contributed by atoms with Crippen LogP contribution in [-0.4, -0.2) is 30.3 Å². The molecule has 3 rings (SSSR count). The van der Waals surface area contributed by atoms with E-state index in [1.165, 1.54) is 11.2 Å². The van der Waals surface area contributed by atoms with E-state index in [4.69, 9.17) is 9.15 Å². The average Bonchev–Trinajstić information content (AvgIpc) is 3.22. The highest BCUT2D eigenvalue weighted by atomic mass is 16.5. The molecule has 0 saturated heterocycles. The SMILES string of the molecule is CN(CC(=O)Nc1ccc(OCc2ccccc2)cc1)C(=O)c1ccco1. The molecule has 6 nitrogen and oxygen atoms in total. The van der Waals surface area contributed by atoms with Gasteiger partial charge in [0.2, 0.25) is 5.91 Å². The van der Waals surface area contributed by atoms with Crippen LogP contribution in [0.4, 0.5) is 5.69 Å². The Morgan fingerprint density at radius 3 is 2.41 bits per heavy atom. The highest BCUT2D eigenvalue weighted by Crippen LogP contribution is 2.17. The maximum Gasteiger partial charge on any atom is 0.289 e. The molecule has 0 aliphatic carbocycles. The zero-order valence-corrected chi connectivity index (χ0v) is 14.9. The van der Waals surface area contributed by atoms with E-state index in [0.717, 1.165) is 5.56 Å². The average molecular weight is 364 g/mol. The fraction of sp³-hybridized carbons (Fsp3) is 0.143. The first kappa shape index (κ1) is 18.3. The fourth-order valence-electron chi connectivity index (χ4n) is 2.45. The second-order valence-electron chi connectivity index (χ2n) is 5.99. The summed E-state index contributed by atoms with van der Waals surface area (Å²) in [6.45, 7) is 0.401. The van der Waals surface area contributed by atoms with Gasteiger partial charge in [-0.3, -0.25) is 9.59 Å². The molecule has 3 aromatic rings. The van der Waals surface area contributed by atoms with Gasteiger partial charge in [-0.25, -0.2) is 0 Å². The Morgan fingerprint density at radius 1 is 1.00 bits per heavy atom. The van der Waals surface area contributed by atoms with Gasteiger partial charge in [0, 0.05) is 12.7 Å². The predicted octanol–water partition coefficient (Wildman–Crippen LogP) is 3.57. The molecule has 2 aromatic carbocycles. The summed E-state index contributed by atoms with van der Waals surface area (Å²) in [6.07, 6.45) is 1.42. The normalized spacial score (nSPS) is 10.3. The number of rotatable bonds is 7. The molecular formula is C21H20N2O4. The summed E-state index contributed by atoms with van der Waals surface area (Å²) in [5, 5.41) is 2.76. The van der Waals surface area contributed by atoms with Gasteiger partial charge in [-0.1, -0.05) is 30.3 Å². The fourth-order valence-corrected chi connectivity index (χ4v) is 2.45. The van der Waals surface area contributed by atoms with Crippen LogP contribution in [0.15, 0.2) is 77.4 Å². The summed E-state index contributed by atoms with van der Waals surface area (Å²) >= 11 is 0. The Bertz CT molecular complexity index is 874.